The van der Waals surface area contributed by atoms with Crippen LogP contribution in [0.1, 0.15) is 17.5 Å². The lowest BCUT2D eigenvalue weighted by atomic mass is 10.00. The van der Waals surface area contributed by atoms with Crippen LogP contribution in [0.3, 0.4) is 0 Å². The zero-order chi connectivity index (χ0) is 16.5. The highest BCUT2D eigenvalue weighted by molar-refractivity contribution is 6.35. The maximum atomic E-state index is 12.6. The van der Waals surface area contributed by atoms with Gasteiger partial charge in [-0.2, -0.15) is 5.10 Å². The minimum atomic E-state index is 0.176. The van der Waals surface area contributed by atoms with Crippen molar-refractivity contribution < 1.29 is 4.79 Å². The highest BCUT2D eigenvalue weighted by atomic mass is 35.5. The predicted molar refractivity (Wildman–Crippen MR) is 94.9 cm³/mol. The molecule has 0 aliphatic carbocycles. The first kappa shape index (κ1) is 15.2. The highest BCUT2D eigenvalue weighted by Gasteiger charge is 2.20. The Morgan fingerprint density at radius 2 is 1.96 bits per heavy atom. The number of hydrogen-bond donors (Lipinski definition) is 0. The van der Waals surface area contributed by atoms with E-state index in [2.05, 4.69) is 23.3 Å². The molecule has 4 nitrogen and oxygen atoms in total. The summed E-state index contributed by atoms with van der Waals surface area (Å²) in [6, 6.07) is 14.1. The van der Waals surface area contributed by atoms with E-state index in [-0.39, 0.29) is 5.91 Å². The van der Waals surface area contributed by atoms with Crippen LogP contribution in [0, 0.1) is 0 Å². The van der Waals surface area contributed by atoms with Gasteiger partial charge in [0, 0.05) is 24.9 Å². The van der Waals surface area contributed by atoms with Crippen molar-refractivity contribution in [3.63, 3.8) is 0 Å². The summed E-state index contributed by atoms with van der Waals surface area (Å²) in [4.78, 5) is 14.5. The van der Waals surface area contributed by atoms with Gasteiger partial charge in [-0.05, 0) is 29.7 Å². The van der Waals surface area contributed by atoms with Crippen molar-refractivity contribution >= 4 is 28.4 Å². The van der Waals surface area contributed by atoms with Crippen molar-refractivity contribution in [2.24, 2.45) is 0 Å². The standard InChI is InChI=1S/C19H18ClN3O/c20-17-6-3-7-18-16(17)12-21-23(18)11-9-19(24)22-10-8-14-4-1-2-5-15(14)13-22/h1-7,12H,8-11,13H2. The third kappa shape index (κ3) is 2.78. The van der Waals surface area contributed by atoms with Gasteiger partial charge in [0.05, 0.1) is 23.3 Å². The number of amides is 1. The normalized spacial score (nSPS) is 14.0. The molecule has 122 valence electrons. The Bertz CT molecular complexity index is 903. The Kier molecular flexibility index (Phi) is 3.98. The van der Waals surface area contributed by atoms with E-state index in [1.165, 1.54) is 11.1 Å². The third-order valence-electron chi connectivity index (χ3n) is 4.66. The smallest absolute Gasteiger partial charge is 0.224 e. The second kappa shape index (κ2) is 6.29. The topological polar surface area (TPSA) is 38.1 Å². The van der Waals surface area contributed by atoms with Crippen molar-refractivity contribution in [2.75, 3.05) is 6.54 Å². The van der Waals surface area contributed by atoms with Crippen LogP contribution < -0.4 is 0 Å². The molecule has 24 heavy (non-hydrogen) atoms. The number of halogens is 1. The summed E-state index contributed by atoms with van der Waals surface area (Å²) in [6.45, 7) is 2.07. The van der Waals surface area contributed by atoms with Gasteiger partial charge in [-0.25, -0.2) is 0 Å². The van der Waals surface area contributed by atoms with Crippen molar-refractivity contribution in [2.45, 2.75) is 25.9 Å². The van der Waals surface area contributed by atoms with Crippen LogP contribution in [0.25, 0.3) is 10.9 Å². The number of carbonyl (C=O) groups is 1. The molecule has 0 spiro atoms. The summed E-state index contributed by atoms with van der Waals surface area (Å²) in [5.74, 6) is 0.176. The molecular weight excluding hydrogens is 322 g/mol. The molecule has 0 radical (unpaired) electrons. The number of carbonyl (C=O) groups excluding carboxylic acids is 1. The summed E-state index contributed by atoms with van der Waals surface area (Å²) in [5.41, 5.74) is 3.59. The number of fused-ring (bicyclic) bond motifs is 2. The Morgan fingerprint density at radius 1 is 1.12 bits per heavy atom. The highest BCUT2D eigenvalue weighted by Crippen LogP contribution is 2.23. The molecule has 0 N–H and O–H groups in total. The fourth-order valence-electron chi connectivity index (χ4n) is 3.31. The molecule has 4 rings (SSSR count). The molecule has 1 amide bonds. The van der Waals surface area contributed by atoms with Gasteiger partial charge >= 0.3 is 0 Å². The SMILES string of the molecule is O=C(CCn1ncc2c(Cl)cccc21)N1CCc2ccccc2C1. The first-order chi connectivity index (χ1) is 11.7. The Balaban J connectivity index is 1.44. The van der Waals surface area contributed by atoms with Gasteiger partial charge in [-0.15, -0.1) is 0 Å². The Hall–Kier alpha value is -2.33. The van der Waals surface area contributed by atoms with Crippen molar-refractivity contribution in [3.8, 4) is 0 Å². The summed E-state index contributed by atoms with van der Waals surface area (Å²) in [7, 11) is 0. The Morgan fingerprint density at radius 3 is 2.83 bits per heavy atom. The van der Waals surface area contributed by atoms with Crippen molar-refractivity contribution in [1.29, 1.82) is 0 Å². The molecule has 3 aromatic rings. The second-order valence-electron chi connectivity index (χ2n) is 6.12. The van der Waals surface area contributed by atoms with Crippen LogP contribution in [-0.2, 0) is 24.3 Å². The van der Waals surface area contributed by atoms with Crippen LogP contribution in [0.4, 0.5) is 0 Å². The van der Waals surface area contributed by atoms with E-state index in [4.69, 9.17) is 11.6 Å². The summed E-state index contributed by atoms with van der Waals surface area (Å²) in [6.07, 6.45) is 3.15. The van der Waals surface area contributed by atoms with Crippen molar-refractivity contribution in [1.82, 2.24) is 14.7 Å². The molecule has 5 heteroatoms. The second-order valence-corrected chi connectivity index (χ2v) is 6.53. The fraction of sp³-hybridized carbons (Fsp3) is 0.263. The molecule has 1 aliphatic rings. The minimum Gasteiger partial charge on any atom is -0.338 e. The maximum Gasteiger partial charge on any atom is 0.224 e. The zero-order valence-electron chi connectivity index (χ0n) is 13.3. The van der Waals surface area contributed by atoms with Gasteiger partial charge in [-0.3, -0.25) is 9.48 Å². The Labute approximate surface area is 145 Å². The van der Waals surface area contributed by atoms with Gasteiger partial charge in [0.1, 0.15) is 0 Å². The minimum absolute atomic E-state index is 0.176. The van der Waals surface area contributed by atoms with E-state index < -0.39 is 0 Å². The molecular formula is C19H18ClN3O. The molecule has 2 heterocycles. The van der Waals surface area contributed by atoms with E-state index in [1.54, 1.807) is 6.20 Å². The monoisotopic (exact) mass is 339 g/mol. The van der Waals surface area contributed by atoms with E-state index in [1.807, 2.05) is 33.8 Å². The van der Waals surface area contributed by atoms with Crippen LogP contribution >= 0.6 is 11.6 Å². The van der Waals surface area contributed by atoms with Gasteiger partial charge in [-0.1, -0.05) is 41.9 Å². The number of benzene rings is 2. The first-order valence-electron chi connectivity index (χ1n) is 8.17. The lowest BCUT2D eigenvalue weighted by Crippen LogP contribution is -2.36. The number of rotatable bonds is 3. The predicted octanol–water partition coefficient (Wildman–Crippen LogP) is 3.66. The van der Waals surface area contributed by atoms with Crippen LogP contribution in [0.5, 0.6) is 0 Å². The van der Waals surface area contributed by atoms with E-state index in [0.717, 1.165) is 23.9 Å². The van der Waals surface area contributed by atoms with Crippen LogP contribution in [0.15, 0.2) is 48.7 Å². The third-order valence-corrected chi connectivity index (χ3v) is 4.98. The summed E-state index contributed by atoms with van der Waals surface area (Å²) >= 11 is 6.17. The molecule has 0 fully saturated rings. The van der Waals surface area contributed by atoms with Gasteiger partial charge < -0.3 is 4.90 Å². The molecule has 1 aromatic heterocycles. The van der Waals surface area contributed by atoms with E-state index in [9.17, 15) is 4.79 Å². The molecule has 0 atom stereocenters. The van der Waals surface area contributed by atoms with Gasteiger partial charge in [0.25, 0.3) is 0 Å². The van der Waals surface area contributed by atoms with Crippen molar-refractivity contribution in [3.05, 3.63) is 64.8 Å². The molecule has 0 bridgehead atoms. The molecule has 0 saturated heterocycles. The van der Waals surface area contributed by atoms with Gasteiger partial charge in [0.15, 0.2) is 0 Å². The molecule has 2 aromatic carbocycles. The average Bonchev–Trinajstić information content (AvgIpc) is 3.04. The lowest BCUT2D eigenvalue weighted by Gasteiger charge is -2.29. The first-order valence-corrected chi connectivity index (χ1v) is 8.55. The summed E-state index contributed by atoms with van der Waals surface area (Å²) in [5, 5.41) is 5.99. The molecule has 0 unspecified atom stereocenters. The lowest BCUT2D eigenvalue weighted by molar-refractivity contribution is -0.132. The number of hydrogen-bond acceptors (Lipinski definition) is 2. The van der Waals surface area contributed by atoms with E-state index in [0.29, 0.717) is 24.5 Å². The van der Waals surface area contributed by atoms with E-state index >= 15 is 0 Å². The molecule has 1 aliphatic heterocycles. The quantitative estimate of drug-likeness (QED) is 0.730. The fourth-order valence-corrected chi connectivity index (χ4v) is 3.53. The number of aromatic nitrogens is 2. The average molecular weight is 340 g/mol. The number of aryl methyl sites for hydroxylation is 1. The van der Waals surface area contributed by atoms with Crippen LogP contribution in [0.2, 0.25) is 5.02 Å². The summed E-state index contributed by atoms with van der Waals surface area (Å²) < 4.78 is 1.86. The number of nitrogens with zero attached hydrogens (tertiary/aromatic N) is 3. The zero-order valence-corrected chi connectivity index (χ0v) is 14.0. The largest absolute Gasteiger partial charge is 0.338 e. The molecule has 0 saturated carbocycles. The van der Waals surface area contributed by atoms with Crippen LogP contribution in [-0.4, -0.2) is 27.1 Å². The maximum absolute atomic E-state index is 12.6. The van der Waals surface area contributed by atoms with Gasteiger partial charge in [0.2, 0.25) is 5.91 Å².